The summed E-state index contributed by atoms with van der Waals surface area (Å²) in [7, 11) is 0. The molecule has 0 saturated carbocycles. The molecule has 0 bridgehead atoms. The minimum absolute atomic E-state index is 0.0302. The molecule has 0 aliphatic carbocycles. The summed E-state index contributed by atoms with van der Waals surface area (Å²) in [5.41, 5.74) is 2.48. The Labute approximate surface area is 214 Å². The Hall–Kier alpha value is -3.35. The molecule has 4 nitrogen and oxygen atoms in total. The number of hydrogen-bond acceptors (Lipinski definition) is 5. The summed E-state index contributed by atoms with van der Waals surface area (Å²) in [5.74, 6) is 0.263. The lowest BCUT2D eigenvalue weighted by Gasteiger charge is -2.26. The number of fused-ring (bicyclic) bond motifs is 1. The van der Waals surface area contributed by atoms with E-state index in [0.29, 0.717) is 23.3 Å². The van der Waals surface area contributed by atoms with E-state index < -0.39 is 0 Å². The number of thiophene rings is 1. The van der Waals surface area contributed by atoms with Crippen LogP contribution in [0.1, 0.15) is 52.5 Å². The molecule has 0 amide bonds. The van der Waals surface area contributed by atoms with Crippen molar-refractivity contribution >= 4 is 33.0 Å². The van der Waals surface area contributed by atoms with Crippen molar-refractivity contribution < 1.29 is 18.7 Å². The summed E-state index contributed by atoms with van der Waals surface area (Å²) in [4.78, 5) is 28.9. The zero-order chi connectivity index (χ0) is 25.1. The molecule has 0 N–H and O–H groups in total. The summed E-state index contributed by atoms with van der Waals surface area (Å²) < 4.78 is 20.4. The van der Waals surface area contributed by atoms with Crippen molar-refractivity contribution in [3.05, 3.63) is 89.2 Å². The number of likely N-dealkylation sites (tertiary alicyclic amines) is 1. The van der Waals surface area contributed by atoms with Gasteiger partial charge in [-0.15, -0.1) is 11.3 Å². The summed E-state index contributed by atoms with van der Waals surface area (Å²) >= 11 is 1.44. The maximum Gasteiger partial charge on any atom is 0.195 e. The third-order valence-corrected chi connectivity index (χ3v) is 7.87. The lowest BCUT2D eigenvalue weighted by Crippen LogP contribution is -2.33. The summed E-state index contributed by atoms with van der Waals surface area (Å²) in [6.07, 6.45) is 3.82. The van der Waals surface area contributed by atoms with Crippen LogP contribution in [-0.2, 0) is 0 Å². The highest BCUT2D eigenvalue weighted by Gasteiger charge is 2.22. The van der Waals surface area contributed by atoms with Crippen LogP contribution in [0.25, 0.3) is 20.5 Å². The Balaban J connectivity index is 1.42. The predicted octanol–water partition coefficient (Wildman–Crippen LogP) is 7.01. The quantitative estimate of drug-likeness (QED) is 0.244. The molecule has 1 saturated heterocycles. The van der Waals surface area contributed by atoms with E-state index in [2.05, 4.69) is 4.90 Å². The van der Waals surface area contributed by atoms with Gasteiger partial charge in [-0.1, -0.05) is 30.7 Å². The number of ether oxygens (including phenoxy) is 1. The van der Waals surface area contributed by atoms with Gasteiger partial charge < -0.3 is 4.74 Å². The number of carbonyl (C=O) groups excluding carboxylic acids is 2. The molecular formula is C30H28FNO3S. The molecule has 0 atom stereocenters. The van der Waals surface area contributed by atoms with Gasteiger partial charge >= 0.3 is 0 Å². The molecule has 4 aromatic rings. The minimum Gasteiger partial charge on any atom is -0.492 e. The molecule has 1 aliphatic heterocycles. The number of nitrogens with zero attached hydrogens (tertiary/aromatic N) is 1. The highest BCUT2D eigenvalue weighted by molar-refractivity contribution is 7.22. The van der Waals surface area contributed by atoms with E-state index in [0.717, 1.165) is 45.9 Å². The van der Waals surface area contributed by atoms with Crippen molar-refractivity contribution in [1.29, 1.82) is 0 Å². The normalized spacial score (nSPS) is 14.2. The Morgan fingerprint density at radius 3 is 2.31 bits per heavy atom. The Morgan fingerprint density at radius 1 is 0.917 bits per heavy atom. The monoisotopic (exact) mass is 501 g/mol. The van der Waals surface area contributed by atoms with Crippen molar-refractivity contribution in [2.24, 2.45) is 0 Å². The molecule has 1 aromatic heterocycles. The van der Waals surface area contributed by atoms with Crippen LogP contribution in [0.15, 0.2) is 66.7 Å². The van der Waals surface area contributed by atoms with Gasteiger partial charge in [-0.25, -0.2) is 4.39 Å². The van der Waals surface area contributed by atoms with Crippen molar-refractivity contribution in [2.75, 3.05) is 26.2 Å². The first-order valence-corrected chi connectivity index (χ1v) is 13.1. The molecule has 5 rings (SSSR count). The molecule has 6 heteroatoms. The number of rotatable bonds is 8. The van der Waals surface area contributed by atoms with Crippen LogP contribution in [-0.4, -0.2) is 42.7 Å². The van der Waals surface area contributed by atoms with E-state index in [4.69, 9.17) is 4.74 Å². The average Bonchev–Trinajstić information content (AvgIpc) is 3.28. The van der Waals surface area contributed by atoms with Crippen LogP contribution in [0, 0.1) is 5.82 Å². The maximum atomic E-state index is 13.8. The fourth-order valence-corrected chi connectivity index (χ4v) is 5.91. The largest absolute Gasteiger partial charge is 0.492 e. The van der Waals surface area contributed by atoms with Gasteiger partial charge in [0.05, 0.1) is 0 Å². The van der Waals surface area contributed by atoms with Crippen LogP contribution in [0.5, 0.6) is 5.75 Å². The standard InChI is InChI=1S/C30H28FNO3S/c1-20(33)23-9-14-26-27(19-23)36-30(22-5-10-24(31)11-6-22)28(26)29(34)21-7-12-25(13-8-21)35-18-17-32-15-3-2-4-16-32/h5-14,19H,2-4,15-18H2,1H3. The highest BCUT2D eigenvalue weighted by Crippen LogP contribution is 2.40. The van der Waals surface area contributed by atoms with Crippen LogP contribution >= 0.6 is 11.3 Å². The molecule has 2 heterocycles. The summed E-state index contributed by atoms with van der Waals surface area (Å²) in [5, 5.41) is 0.788. The molecular weight excluding hydrogens is 473 g/mol. The smallest absolute Gasteiger partial charge is 0.195 e. The number of hydrogen-bond donors (Lipinski definition) is 0. The molecule has 0 radical (unpaired) electrons. The number of piperidine rings is 1. The Morgan fingerprint density at radius 2 is 1.61 bits per heavy atom. The van der Waals surface area contributed by atoms with Crippen molar-refractivity contribution in [3.63, 3.8) is 0 Å². The average molecular weight is 502 g/mol. The van der Waals surface area contributed by atoms with Gasteiger partial charge in [0.25, 0.3) is 0 Å². The number of benzene rings is 3. The zero-order valence-corrected chi connectivity index (χ0v) is 21.1. The molecule has 1 aliphatic rings. The third kappa shape index (κ3) is 5.25. The molecule has 0 unspecified atom stereocenters. The summed E-state index contributed by atoms with van der Waals surface area (Å²) in [6, 6.07) is 18.8. The molecule has 184 valence electrons. The molecule has 36 heavy (non-hydrogen) atoms. The van der Waals surface area contributed by atoms with Gasteiger partial charge in [0.2, 0.25) is 0 Å². The second kappa shape index (κ2) is 10.7. The number of halogens is 1. The van der Waals surface area contributed by atoms with Crippen LogP contribution in [0.2, 0.25) is 0 Å². The number of ketones is 2. The SMILES string of the molecule is CC(=O)c1ccc2c(C(=O)c3ccc(OCCN4CCCCC4)cc3)c(-c3ccc(F)cc3)sc2c1. The highest BCUT2D eigenvalue weighted by atomic mass is 32.1. The predicted molar refractivity (Wildman–Crippen MR) is 143 cm³/mol. The lowest BCUT2D eigenvalue weighted by molar-refractivity contribution is 0.101. The number of carbonyl (C=O) groups is 2. The van der Waals surface area contributed by atoms with Crippen molar-refractivity contribution in [2.45, 2.75) is 26.2 Å². The van der Waals surface area contributed by atoms with E-state index in [9.17, 15) is 14.0 Å². The van der Waals surface area contributed by atoms with Crippen molar-refractivity contribution in [3.8, 4) is 16.2 Å². The Bertz CT molecular complexity index is 1390. The second-order valence-corrected chi connectivity index (χ2v) is 10.2. The fraction of sp³-hybridized carbons (Fsp3) is 0.267. The summed E-state index contributed by atoms with van der Waals surface area (Å²) in [6.45, 7) is 5.32. The Kier molecular flexibility index (Phi) is 7.25. The fourth-order valence-electron chi connectivity index (χ4n) is 4.67. The van der Waals surface area contributed by atoms with E-state index in [1.54, 1.807) is 30.3 Å². The molecule has 3 aromatic carbocycles. The first kappa shape index (κ1) is 24.3. The van der Waals surface area contributed by atoms with Gasteiger partial charge in [-0.2, -0.15) is 0 Å². The topological polar surface area (TPSA) is 46.6 Å². The van der Waals surface area contributed by atoms with E-state index in [-0.39, 0.29) is 17.4 Å². The van der Waals surface area contributed by atoms with E-state index in [1.165, 1.54) is 49.7 Å². The lowest BCUT2D eigenvalue weighted by atomic mass is 9.97. The first-order chi connectivity index (χ1) is 17.5. The first-order valence-electron chi connectivity index (χ1n) is 12.3. The maximum absolute atomic E-state index is 13.8. The second-order valence-electron chi connectivity index (χ2n) is 9.18. The van der Waals surface area contributed by atoms with Gasteiger partial charge in [0.15, 0.2) is 11.6 Å². The number of Topliss-reactive ketones (excluding diaryl/α,β-unsaturated/α-hetero) is 1. The molecule has 0 spiro atoms. The van der Waals surface area contributed by atoms with Gasteiger partial charge in [0.1, 0.15) is 18.2 Å². The van der Waals surface area contributed by atoms with Gasteiger partial charge in [-0.05, 0) is 80.9 Å². The van der Waals surface area contributed by atoms with E-state index in [1.807, 2.05) is 24.3 Å². The van der Waals surface area contributed by atoms with Crippen molar-refractivity contribution in [1.82, 2.24) is 4.90 Å². The molecule has 1 fully saturated rings. The van der Waals surface area contributed by atoms with Crippen LogP contribution < -0.4 is 4.74 Å². The van der Waals surface area contributed by atoms with Crippen LogP contribution in [0.3, 0.4) is 0 Å². The van der Waals surface area contributed by atoms with Gasteiger partial charge in [0, 0.05) is 38.2 Å². The minimum atomic E-state index is -0.331. The van der Waals surface area contributed by atoms with Gasteiger partial charge in [-0.3, -0.25) is 14.5 Å². The van der Waals surface area contributed by atoms with E-state index >= 15 is 0 Å². The third-order valence-electron chi connectivity index (χ3n) is 6.67. The zero-order valence-electron chi connectivity index (χ0n) is 20.3. The van der Waals surface area contributed by atoms with Crippen LogP contribution in [0.4, 0.5) is 4.39 Å².